The summed E-state index contributed by atoms with van der Waals surface area (Å²) in [6.07, 6.45) is 3.75. The molecule has 0 saturated carbocycles. The van der Waals surface area contributed by atoms with Gasteiger partial charge in [0.2, 0.25) is 5.91 Å². The van der Waals surface area contributed by atoms with Crippen LogP contribution in [0.4, 0.5) is 8.78 Å². The maximum absolute atomic E-state index is 14.2. The van der Waals surface area contributed by atoms with Crippen LogP contribution in [0.15, 0.2) is 54.6 Å². The summed E-state index contributed by atoms with van der Waals surface area (Å²) in [5.74, 6) is -0.746. The van der Waals surface area contributed by atoms with Gasteiger partial charge >= 0.3 is 0 Å². The molecule has 2 heterocycles. The molecule has 0 N–H and O–H groups in total. The highest BCUT2D eigenvalue weighted by atomic mass is 19.1. The summed E-state index contributed by atoms with van der Waals surface area (Å²) < 4.78 is 27.8. The van der Waals surface area contributed by atoms with Gasteiger partial charge in [-0.1, -0.05) is 36.4 Å². The van der Waals surface area contributed by atoms with Crippen LogP contribution in [-0.4, -0.2) is 16.8 Å². The van der Waals surface area contributed by atoms with Gasteiger partial charge in [0.05, 0.1) is 6.04 Å². The van der Waals surface area contributed by atoms with E-state index in [0.717, 1.165) is 29.7 Å². The normalized spacial score (nSPS) is 23.2. The van der Waals surface area contributed by atoms with E-state index in [4.69, 9.17) is 0 Å². The van der Waals surface area contributed by atoms with Crippen LogP contribution in [0.25, 0.3) is 5.57 Å². The molecule has 0 aromatic heterocycles. The number of rotatable bonds is 2. The lowest BCUT2D eigenvalue weighted by molar-refractivity contribution is -0.130. The van der Waals surface area contributed by atoms with Crippen LogP contribution >= 0.6 is 0 Å². The molecule has 2 nitrogen and oxygen atoms in total. The number of hydrogen-bond acceptors (Lipinski definition) is 1. The first-order chi connectivity index (χ1) is 11.6. The lowest BCUT2D eigenvalue weighted by Gasteiger charge is -2.37. The van der Waals surface area contributed by atoms with Gasteiger partial charge in [0.1, 0.15) is 11.6 Å². The van der Waals surface area contributed by atoms with Crippen LogP contribution in [-0.2, 0) is 4.79 Å². The second-order valence-electron chi connectivity index (χ2n) is 6.37. The Morgan fingerprint density at radius 3 is 2.62 bits per heavy atom. The Morgan fingerprint density at radius 2 is 1.83 bits per heavy atom. The number of fused-ring (bicyclic) bond motifs is 1. The number of carbonyl (C=O) groups is 1. The van der Waals surface area contributed by atoms with E-state index in [-0.39, 0.29) is 18.0 Å². The monoisotopic (exact) mass is 325 g/mol. The Balaban J connectivity index is 1.82. The van der Waals surface area contributed by atoms with Gasteiger partial charge in [-0.2, -0.15) is 0 Å². The van der Waals surface area contributed by atoms with Crippen molar-refractivity contribution in [2.45, 2.75) is 31.3 Å². The van der Waals surface area contributed by atoms with E-state index in [0.29, 0.717) is 18.4 Å². The van der Waals surface area contributed by atoms with Crippen molar-refractivity contribution in [3.05, 3.63) is 77.4 Å². The topological polar surface area (TPSA) is 20.3 Å². The minimum atomic E-state index is -0.450. The third kappa shape index (κ3) is 2.52. The van der Waals surface area contributed by atoms with Gasteiger partial charge in [0.25, 0.3) is 0 Å². The van der Waals surface area contributed by atoms with Gasteiger partial charge in [-0.05, 0) is 42.2 Å². The molecule has 122 valence electrons. The largest absolute Gasteiger partial charge is 0.329 e. The maximum Gasteiger partial charge on any atom is 0.223 e. The fourth-order valence-electron chi connectivity index (χ4n) is 3.79. The Hall–Kier alpha value is -2.49. The Morgan fingerprint density at radius 1 is 1.04 bits per heavy atom. The summed E-state index contributed by atoms with van der Waals surface area (Å²) in [5, 5.41) is 0. The van der Waals surface area contributed by atoms with Gasteiger partial charge in [-0.3, -0.25) is 4.79 Å². The molecule has 4 rings (SSSR count). The summed E-state index contributed by atoms with van der Waals surface area (Å²) >= 11 is 0. The molecule has 0 unspecified atom stereocenters. The molecule has 0 radical (unpaired) electrons. The number of carbonyl (C=O) groups excluding carboxylic acids is 1. The van der Waals surface area contributed by atoms with E-state index in [2.05, 4.69) is 0 Å². The predicted molar refractivity (Wildman–Crippen MR) is 88.0 cm³/mol. The zero-order valence-corrected chi connectivity index (χ0v) is 13.1. The molecule has 1 saturated heterocycles. The van der Waals surface area contributed by atoms with Crippen LogP contribution in [0.5, 0.6) is 0 Å². The average molecular weight is 325 g/mol. The molecule has 2 aromatic carbocycles. The van der Waals surface area contributed by atoms with Gasteiger partial charge in [-0.15, -0.1) is 0 Å². The fourth-order valence-corrected chi connectivity index (χ4v) is 3.79. The van der Waals surface area contributed by atoms with Gasteiger partial charge in [-0.25, -0.2) is 8.78 Å². The van der Waals surface area contributed by atoms with Crippen molar-refractivity contribution < 1.29 is 13.6 Å². The number of hydrogen-bond donors (Lipinski definition) is 0. The first kappa shape index (κ1) is 15.1. The molecular weight excluding hydrogens is 308 g/mol. The van der Waals surface area contributed by atoms with E-state index in [1.807, 2.05) is 41.3 Å². The van der Waals surface area contributed by atoms with Crippen molar-refractivity contribution in [3.8, 4) is 0 Å². The van der Waals surface area contributed by atoms with Gasteiger partial charge < -0.3 is 4.90 Å². The lowest BCUT2D eigenvalue weighted by atomic mass is 9.88. The molecule has 2 aromatic rings. The van der Waals surface area contributed by atoms with E-state index in [9.17, 15) is 13.6 Å². The van der Waals surface area contributed by atoms with E-state index >= 15 is 0 Å². The third-order valence-corrected chi connectivity index (χ3v) is 4.90. The second kappa shape index (κ2) is 5.86. The molecule has 4 heteroatoms. The lowest BCUT2D eigenvalue weighted by Crippen LogP contribution is -2.38. The van der Waals surface area contributed by atoms with Crippen molar-refractivity contribution in [1.82, 2.24) is 4.90 Å². The van der Waals surface area contributed by atoms with E-state index in [1.165, 1.54) is 6.07 Å². The van der Waals surface area contributed by atoms with Crippen LogP contribution in [0, 0.1) is 11.6 Å². The Kier molecular flexibility index (Phi) is 3.68. The van der Waals surface area contributed by atoms with Crippen LogP contribution in [0.3, 0.4) is 0 Å². The van der Waals surface area contributed by atoms with Gasteiger partial charge in [0, 0.05) is 18.0 Å². The molecule has 1 fully saturated rings. The standard InChI is InChI=1S/C20H17F2NO/c21-15-6-8-18(22)17(12-15)14-10-16-7-9-20(24)23(16)19(11-14)13-4-2-1-3-5-13/h1-6,8,11-12,16,19H,7,9-10H2/t16-,19+/m1/s1. The molecule has 24 heavy (non-hydrogen) atoms. The highest BCUT2D eigenvalue weighted by molar-refractivity contribution is 5.82. The van der Waals surface area contributed by atoms with Crippen molar-refractivity contribution in [2.75, 3.05) is 0 Å². The van der Waals surface area contributed by atoms with E-state index < -0.39 is 11.6 Å². The van der Waals surface area contributed by atoms with Crippen molar-refractivity contribution in [1.29, 1.82) is 0 Å². The number of halogens is 2. The second-order valence-corrected chi connectivity index (χ2v) is 6.37. The summed E-state index contributed by atoms with van der Waals surface area (Å²) in [6.45, 7) is 0. The molecular formula is C20H17F2NO. The average Bonchev–Trinajstić information content (AvgIpc) is 2.98. The first-order valence-corrected chi connectivity index (χ1v) is 8.16. The molecule has 1 amide bonds. The minimum Gasteiger partial charge on any atom is -0.329 e. The van der Waals surface area contributed by atoms with Crippen molar-refractivity contribution >= 4 is 11.5 Å². The highest BCUT2D eigenvalue weighted by Crippen LogP contribution is 2.42. The number of amides is 1. The SMILES string of the molecule is O=C1CC[C@@H]2CC(c3cc(F)ccc3F)=C[C@@H](c3ccccc3)N12. The third-order valence-electron chi connectivity index (χ3n) is 4.90. The molecule has 2 atom stereocenters. The summed E-state index contributed by atoms with van der Waals surface area (Å²) in [6, 6.07) is 13.1. The Labute approximate surface area is 139 Å². The smallest absolute Gasteiger partial charge is 0.223 e. The van der Waals surface area contributed by atoms with Gasteiger partial charge in [0.15, 0.2) is 0 Å². The molecule has 2 aliphatic rings. The maximum atomic E-state index is 14.2. The molecule has 0 bridgehead atoms. The Bertz CT molecular complexity index is 816. The van der Waals surface area contributed by atoms with Crippen molar-refractivity contribution in [2.24, 2.45) is 0 Å². The number of benzene rings is 2. The van der Waals surface area contributed by atoms with Crippen molar-refractivity contribution in [3.63, 3.8) is 0 Å². The molecule has 2 aliphatic heterocycles. The molecule has 0 spiro atoms. The highest BCUT2D eigenvalue weighted by Gasteiger charge is 2.39. The van der Waals surface area contributed by atoms with Crippen LogP contribution in [0.2, 0.25) is 0 Å². The molecule has 0 aliphatic carbocycles. The predicted octanol–water partition coefficient (Wildman–Crippen LogP) is 4.48. The number of nitrogens with zero attached hydrogens (tertiary/aromatic N) is 1. The van der Waals surface area contributed by atoms with Crippen LogP contribution in [0.1, 0.15) is 36.4 Å². The zero-order valence-electron chi connectivity index (χ0n) is 13.1. The fraction of sp³-hybridized carbons (Fsp3) is 0.250. The zero-order chi connectivity index (χ0) is 16.7. The summed E-state index contributed by atoms with van der Waals surface area (Å²) in [5.41, 5.74) is 2.07. The summed E-state index contributed by atoms with van der Waals surface area (Å²) in [7, 11) is 0. The minimum absolute atomic E-state index is 0.0466. The first-order valence-electron chi connectivity index (χ1n) is 8.16. The summed E-state index contributed by atoms with van der Waals surface area (Å²) in [4.78, 5) is 14.2. The van der Waals surface area contributed by atoms with Crippen LogP contribution < -0.4 is 0 Å². The van der Waals surface area contributed by atoms with E-state index in [1.54, 1.807) is 0 Å². The quantitative estimate of drug-likeness (QED) is 0.797.